The molecular formula is C20H19ClN4O3S2. The maximum Gasteiger partial charge on any atom is 0.341 e. The molecule has 2 aromatic heterocycles. The summed E-state index contributed by atoms with van der Waals surface area (Å²) >= 11 is 8.93. The summed E-state index contributed by atoms with van der Waals surface area (Å²) in [5.41, 5.74) is 1.63. The molecule has 1 amide bonds. The number of anilines is 1. The van der Waals surface area contributed by atoms with Crippen molar-refractivity contribution in [3.05, 3.63) is 46.6 Å². The Morgan fingerprint density at radius 2 is 2.10 bits per heavy atom. The van der Waals surface area contributed by atoms with Gasteiger partial charge in [-0.25, -0.2) is 4.79 Å². The minimum atomic E-state index is -0.518. The van der Waals surface area contributed by atoms with Crippen LogP contribution >= 0.6 is 34.7 Å². The number of carbonyl (C=O) groups excluding carboxylic acids is 2. The Kier molecular flexibility index (Phi) is 6.40. The highest BCUT2D eigenvalue weighted by Gasteiger charge is 2.28. The monoisotopic (exact) mass is 462 g/mol. The van der Waals surface area contributed by atoms with Crippen molar-refractivity contribution in [2.75, 3.05) is 17.7 Å². The van der Waals surface area contributed by atoms with E-state index >= 15 is 0 Å². The van der Waals surface area contributed by atoms with E-state index in [0.29, 0.717) is 26.1 Å². The molecule has 10 heteroatoms. The van der Waals surface area contributed by atoms with Crippen molar-refractivity contribution in [1.29, 1.82) is 0 Å². The number of ether oxygens (including phenoxy) is 1. The number of amides is 1. The average Bonchev–Trinajstić information content (AvgIpc) is 3.38. The summed E-state index contributed by atoms with van der Waals surface area (Å²) in [6.07, 6.45) is 3.91. The van der Waals surface area contributed by atoms with Crippen LogP contribution in [0.2, 0.25) is 4.34 Å². The van der Waals surface area contributed by atoms with E-state index in [1.165, 1.54) is 11.8 Å². The smallest absolute Gasteiger partial charge is 0.341 e. The zero-order valence-corrected chi connectivity index (χ0v) is 18.5. The van der Waals surface area contributed by atoms with Crippen LogP contribution in [0.15, 0.2) is 41.8 Å². The van der Waals surface area contributed by atoms with Gasteiger partial charge in [-0.3, -0.25) is 4.79 Å². The van der Waals surface area contributed by atoms with Crippen molar-refractivity contribution >= 4 is 51.6 Å². The predicted octanol–water partition coefficient (Wildman–Crippen LogP) is 4.90. The third-order valence-electron chi connectivity index (χ3n) is 4.47. The maximum absolute atomic E-state index is 12.7. The van der Waals surface area contributed by atoms with Crippen molar-refractivity contribution in [3.63, 3.8) is 0 Å². The number of carbonyl (C=O) groups is 2. The van der Waals surface area contributed by atoms with Crippen LogP contribution < -0.4 is 5.32 Å². The summed E-state index contributed by atoms with van der Waals surface area (Å²) in [4.78, 5) is 25.3. The van der Waals surface area contributed by atoms with Gasteiger partial charge in [0, 0.05) is 11.6 Å². The normalized spacial score (nSPS) is 13.3. The molecule has 0 saturated heterocycles. The molecule has 0 radical (unpaired) electrons. The van der Waals surface area contributed by atoms with Gasteiger partial charge < -0.3 is 14.6 Å². The molecule has 0 unspecified atom stereocenters. The molecule has 1 aliphatic rings. The molecular weight excluding hydrogens is 444 g/mol. The number of nitrogens with zero attached hydrogens (tertiary/aromatic N) is 3. The van der Waals surface area contributed by atoms with Crippen LogP contribution in [0.25, 0.3) is 11.1 Å². The molecule has 1 aromatic carbocycles. The van der Waals surface area contributed by atoms with Gasteiger partial charge in [0.05, 0.1) is 12.4 Å². The Hall–Kier alpha value is -2.36. The lowest BCUT2D eigenvalue weighted by molar-refractivity contribution is -0.113. The lowest BCUT2D eigenvalue weighted by atomic mass is 10.0. The van der Waals surface area contributed by atoms with Gasteiger partial charge in [-0.2, -0.15) is 0 Å². The van der Waals surface area contributed by atoms with E-state index in [2.05, 4.69) is 15.5 Å². The molecule has 30 heavy (non-hydrogen) atoms. The van der Waals surface area contributed by atoms with E-state index in [9.17, 15) is 9.59 Å². The van der Waals surface area contributed by atoms with Crippen molar-refractivity contribution in [2.24, 2.45) is 0 Å². The number of hydrogen-bond donors (Lipinski definition) is 1. The predicted molar refractivity (Wildman–Crippen MR) is 118 cm³/mol. The van der Waals surface area contributed by atoms with Crippen LogP contribution in [0, 0.1) is 0 Å². The molecule has 1 aliphatic carbocycles. The van der Waals surface area contributed by atoms with E-state index in [-0.39, 0.29) is 23.8 Å². The van der Waals surface area contributed by atoms with Crippen LogP contribution in [0.3, 0.4) is 0 Å². The number of nitrogens with one attached hydrogen (secondary N) is 1. The van der Waals surface area contributed by atoms with E-state index < -0.39 is 5.97 Å². The second kappa shape index (κ2) is 9.20. The maximum atomic E-state index is 12.7. The number of halogens is 1. The molecule has 2 heterocycles. The minimum absolute atomic E-state index is 0.143. The van der Waals surface area contributed by atoms with E-state index in [4.69, 9.17) is 16.3 Å². The van der Waals surface area contributed by atoms with Crippen molar-refractivity contribution in [1.82, 2.24) is 14.8 Å². The van der Waals surface area contributed by atoms with Gasteiger partial charge in [-0.1, -0.05) is 53.7 Å². The third kappa shape index (κ3) is 4.53. The first-order valence-corrected chi connectivity index (χ1v) is 11.6. The van der Waals surface area contributed by atoms with Gasteiger partial charge in [-0.15, -0.1) is 21.5 Å². The van der Waals surface area contributed by atoms with Crippen LogP contribution in [-0.2, 0) is 9.53 Å². The molecule has 156 valence electrons. The number of thiophene rings is 1. The molecule has 1 fully saturated rings. The summed E-state index contributed by atoms with van der Waals surface area (Å²) in [5, 5.41) is 11.9. The lowest BCUT2D eigenvalue weighted by Gasteiger charge is -2.09. The third-order valence-corrected chi connectivity index (χ3v) is 6.74. The van der Waals surface area contributed by atoms with E-state index in [1.54, 1.807) is 13.3 Å². The van der Waals surface area contributed by atoms with Gasteiger partial charge in [0.25, 0.3) is 0 Å². The molecule has 0 aliphatic heterocycles. The van der Waals surface area contributed by atoms with Gasteiger partial charge >= 0.3 is 5.97 Å². The van der Waals surface area contributed by atoms with Crippen molar-refractivity contribution in [3.8, 4) is 11.1 Å². The van der Waals surface area contributed by atoms with Crippen LogP contribution in [-0.4, -0.2) is 39.0 Å². The minimum Gasteiger partial charge on any atom is -0.462 e. The number of rotatable bonds is 8. The van der Waals surface area contributed by atoms with Gasteiger partial charge in [-0.05, 0) is 25.3 Å². The molecule has 4 rings (SSSR count). The molecule has 7 nitrogen and oxygen atoms in total. The highest BCUT2D eigenvalue weighted by molar-refractivity contribution is 7.99. The molecule has 1 saturated carbocycles. The fourth-order valence-corrected chi connectivity index (χ4v) is 5.15. The summed E-state index contributed by atoms with van der Waals surface area (Å²) in [6, 6.07) is 9.78. The molecule has 3 aromatic rings. The van der Waals surface area contributed by atoms with Gasteiger partial charge in [0.2, 0.25) is 5.91 Å². The van der Waals surface area contributed by atoms with Crippen LogP contribution in [0.1, 0.15) is 36.2 Å². The van der Waals surface area contributed by atoms with E-state index in [0.717, 1.165) is 29.7 Å². The Labute approximate surface area is 186 Å². The van der Waals surface area contributed by atoms with Crippen molar-refractivity contribution < 1.29 is 14.3 Å². The average molecular weight is 463 g/mol. The summed E-state index contributed by atoms with van der Waals surface area (Å²) in [7, 11) is 0. The highest BCUT2D eigenvalue weighted by Crippen LogP contribution is 2.44. The fraction of sp³-hybridized carbons (Fsp3) is 0.300. The highest BCUT2D eigenvalue weighted by atomic mass is 35.5. The van der Waals surface area contributed by atoms with Crippen LogP contribution in [0.5, 0.6) is 0 Å². The first kappa shape index (κ1) is 20.9. The number of hydrogen-bond acceptors (Lipinski definition) is 7. The Morgan fingerprint density at radius 3 is 2.80 bits per heavy atom. The number of esters is 1. The summed E-state index contributed by atoms with van der Waals surface area (Å²) in [5.74, 6) is -0.631. The zero-order chi connectivity index (χ0) is 21.1. The second-order valence-corrected chi connectivity index (χ2v) is 9.20. The number of benzene rings is 1. The lowest BCUT2D eigenvalue weighted by Crippen LogP contribution is -2.16. The van der Waals surface area contributed by atoms with Gasteiger partial charge in [0.1, 0.15) is 21.2 Å². The van der Waals surface area contributed by atoms with Gasteiger partial charge in [0.15, 0.2) is 5.16 Å². The van der Waals surface area contributed by atoms with Crippen LogP contribution in [0.4, 0.5) is 5.00 Å². The zero-order valence-electron chi connectivity index (χ0n) is 16.1. The fourth-order valence-electron chi connectivity index (χ4n) is 2.98. The summed E-state index contributed by atoms with van der Waals surface area (Å²) < 4.78 is 7.64. The molecule has 0 atom stereocenters. The summed E-state index contributed by atoms with van der Waals surface area (Å²) in [6.45, 7) is 1.96. The first-order chi connectivity index (χ1) is 14.6. The number of thioether (sulfide) groups is 1. The Bertz CT molecular complexity index is 1060. The largest absolute Gasteiger partial charge is 0.462 e. The molecule has 1 N–H and O–H groups in total. The molecule has 0 bridgehead atoms. The molecule has 0 spiro atoms. The number of aromatic nitrogens is 3. The standard InChI is InChI=1S/C20H19ClN4O3S2/c1-2-28-19(27)16-15(12-6-4-3-5-7-12)17(21)30-18(16)23-14(26)10-29-20-24-22-11-25(20)13-8-9-13/h3-7,11,13H,2,8-10H2,1H3,(H,23,26). The van der Waals surface area contributed by atoms with Crippen molar-refractivity contribution in [2.45, 2.75) is 31.0 Å². The Balaban J connectivity index is 1.54. The SMILES string of the molecule is CCOC(=O)c1c(NC(=O)CSc2nncn2C2CC2)sc(Cl)c1-c1ccccc1. The quantitative estimate of drug-likeness (QED) is 0.378. The second-order valence-electron chi connectivity index (χ2n) is 6.63. The van der Waals surface area contributed by atoms with E-state index in [1.807, 2.05) is 34.9 Å². The topological polar surface area (TPSA) is 86.1 Å². The first-order valence-electron chi connectivity index (χ1n) is 9.45. The Morgan fingerprint density at radius 1 is 1.33 bits per heavy atom.